The maximum absolute atomic E-state index is 13.8. The van der Waals surface area contributed by atoms with Crippen LogP contribution >= 0.6 is 30.3 Å². The maximum Gasteiger partial charge on any atom is 0.306 e. The van der Waals surface area contributed by atoms with E-state index in [2.05, 4.69) is 54.3 Å². The fraction of sp³-hybridized carbons (Fsp3) is 0.0909. The third-order valence-electron chi connectivity index (χ3n) is 5.38. The largest absolute Gasteiger partial charge is 0.350 e. The van der Waals surface area contributed by atoms with Gasteiger partial charge in [-0.25, -0.2) is 4.98 Å². The van der Waals surface area contributed by atoms with E-state index in [1.54, 1.807) is 0 Å². The third-order valence-corrected chi connectivity index (χ3v) is 7.10. The van der Waals surface area contributed by atoms with Crippen molar-refractivity contribution in [1.82, 2.24) is 18.5 Å². The number of nitrogens with one attached hydrogen (secondary N) is 1. The highest BCUT2D eigenvalue weighted by molar-refractivity contribution is 14.2. The molecule has 1 N–H and O–H groups in total. The van der Waals surface area contributed by atoms with Crippen molar-refractivity contribution in [3.8, 4) is 11.3 Å². The van der Waals surface area contributed by atoms with E-state index in [4.69, 9.17) is 4.98 Å². The first kappa shape index (κ1) is 21.6. The maximum atomic E-state index is 13.8. The van der Waals surface area contributed by atoms with E-state index in [-0.39, 0.29) is 5.95 Å². The third kappa shape index (κ3) is 3.80. The zero-order valence-corrected chi connectivity index (χ0v) is 20.4. The van der Waals surface area contributed by atoms with Gasteiger partial charge in [0, 0.05) is 83.4 Å². The van der Waals surface area contributed by atoms with Crippen LogP contribution in [0.2, 0.25) is 0 Å². The van der Waals surface area contributed by atoms with Crippen LogP contribution in [-0.2, 0) is 7.05 Å². The zero-order chi connectivity index (χ0) is 23.3. The van der Waals surface area contributed by atoms with Crippen molar-refractivity contribution in [3.63, 3.8) is 0 Å². The highest BCUT2D eigenvalue weighted by atomic mass is 127. The minimum atomic E-state index is -0.899. The molecule has 33 heavy (non-hydrogen) atoms. The van der Waals surface area contributed by atoms with E-state index in [0.717, 1.165) is 45.2 Å². The number of aryl methyl sites for hydroxylation is 2. The van der Waals surface area contributed by atoms with Crippen LogP contribution in [0.1, 0.15) is 5.56 Å². The number of halogens is 2. The molecule has 0 spiro atoms. The normalized spacial score (nSPS) is 11.4. The van der Waals surface area contributed by atoms with Crippen molar-refractivity contribution < 1.29 is 9.31 Å². The quantitative estimate of drug-likeness (QED) is 0.146. The molecule has 5 aromatic rings. The number of nitro benzene ring substituents is 1. The molecule has 0 saturated carbocycles. The van der Waals surface area contributed by atoms with Gasteiger partial charge in [0.25, 0.3) is 0 Å². The van der Waals surface area contributed by atoms with Gasteiger partial charge in [0.2, 0.25) is 11.8 Å². The average Bonchev–Trinajstić information content (AvgIpc) is 3.34. The molecule has 0 bridgehead atoms. The summed E-state index contributed by atoms with van der Waals surface area (Å²) in [7, 11) is 3.46. The molecule has 3 heterocycles. The van der Waals surface area contributed by atoms with Crippen molar-refractivity contribution >= 4 is 69.6 Å². The monoisotopic (exact) mass is 574 g/mol. The molecule has 0 radical (unpaired) electrons. The number of fused-ring (bicyclic) bond motifs is 2. The van der Waals surface area contributed by atoms with Crippen LogP contribution in [0.25, 0.3) is 33.2 Å². The Kier molecular flexibility index (Phi) is 5.44. The minimum absolute atomic E-state index is 0.258. The molecule has 5 rings (SSSR count). The Balaban J connectivity index is 1.71. The Morgan fingerprint density at radius 1 is 1.15 bits per heavy atom. The van der Waals surface area contributed by atoms with Gasteiger partial charge >= 0.3 is 5.69 Å². The smallest absolute Gasteiger partial charge is 0.306 e. The molecule has 0 saturated heterocycles. The highest BCUT2D eigenvalue weighted by Crippen LogP contribution is 2.37. The number of hydrogen-bond donors (Lipinski definition) is 1. The summed E-state index contributed by atoms with van der Waals surface area (Å²) < 4.78 is 17.7. The van der Waals surface area contributed by atoms with Gasteiger partial charge in [-0.05, 0) is 37.3 Å². The summed E-state index contributed by atoms with van der Waals surface area (Å²) in [5, 5.41) is 16.1. The number of rotatable bonds is 5. The van der Waals surface area contributed by atoms with Gasteiger partial charge in [0.05, 0.1) is 10.6 Å². The summed E-state index contributed by atoms with van der Waals surface area (Å²) >= 11 is 2.18. The summed E-state index contributed by atoms with van der Waals surface area (Å²) in [6.45, 7) is 2.05. The SMILES string of the molecule is Cc1ccc2c(c1)c(-c1nc(Nc3ccc(F)c([N+](=O)[O-])c3)nc3c1ccn3SI)cn2C. The molecular formula is C22H16FIN6O2S. The first-order valence-electron chi connectivity index (χ1n) is 9.81. The lowest BCUT2D eigenvalue weighted by molar-refractivity contribution is -0.387. The van der Waals surface area contributed by atoms with Crippen molar-refractivity contribution in [3.05, 3.63) is 76.4 Å². The molecular weight excluding hydrogens is 558 g/mol. The summed E-state index contributed by atoms with van der Waals surface area (Å²) in [6, 6.07) is 11.8. The number of anilines is 2. The predicted molar refractivity (Wildman–Crippen MR) is 138 cm³/mol. The summed E-state index contributed by atoms with van der Waals surface area (Å²) in [5.41, 5.74) is 4.31. The molecule has 0 aliphatic heterocycles. The number of hydrogen-bond acceptors (Lipinski definition) is 6. The van der Waals surface area contributed by atoms with Gasteiger partial charge < -0.3 is 9.88 Å². The molecule has 11 heteroatoms. The van der Waals surface area contributed by atoms with Gasteiger partial charge in [-0.2, -0.15) is 9.37 Å². The molecule has 166 valence electrons. The standard InChI is InChI=1S/C22H16FIN6O2S/c1-12-3-6-18-15(9-12)16(11-28(18)2)20-14-7-8-29(33-24)21(14)27-22(26-20)25-13-4-5-17(23)19(10-13)30(31)32/h3-11H,1-2H3,(H,25,26,27). The van der Waals surface area contributed by atoms with E-state index in [1.165, 1.54) is 15.2 Å². The van der Waals surface area contributed by atoms with Crippen LogP contribution in [0.3, 0.4) is 0 Å². The molecule has 0 fully saturated rings. The van der Waals surface area contributed by atoms with E-state index in [0.29, 0.717) is 11.3 Å². The van der Waals surface area contributed by atoms with Crippen LogP contribution in [-0.4, -0.2) is 23.4 Å². The fourth-order valence-corrected chi connectivity index (χ4v) is 5.13. The Hall–Kier alpha value is -3.19. The molecule has 0 unspecified atom stereocenters. The molecule has 0 aliphatic carbocycles. The van der Waals surface area contributed by atoms with Gasteiger partial charge in [-0.15, -0.1) is 0 Å². The molecule has 0 amide bonds. The lowest BCUT2D eigenvalue weighted by Gasteiger charge is -2.09. The van der Waals surface area contributed by atoms with E-state index in [9.17, 15) is 14.5 Å². The average molecular weight is 574 g/mol. The van der Waals surface area contributed by atoms with Crippen LogP contribution in [0, 0.1) is 22.9 Å². The second-order valence-corrected chi connectivity index (χ2v) is 9.28. The Bertz CT molecular complexity index is 1560. The van der Waals surface area contributed by atoms with Crippen LogP contribution in [0.4, 0.5) is 21.7 Å². The van der Waals surface area contributed by atoms with Crippen LogP contribution < -0.4 is 5.32 Å². The highest BCUT2D eigenvalue weighted by Gasteiger charge is 2.19. The van der Waals surface area contributed by atoms with Gasteiger partial charge in [-0.1, -0.05) is 11.6 Å². The molecule has 8 nitrogen and oxygen atoms in total. The van der Waals surface area contributed by atoms with Crippen molar-refractivity contribution in [2.45, 2.75) is 6.92 Å². The zero-order valence-electron chi connectivity index (χ0n) is 17.4. The van der Waals surface area contributed by atoms with Crippen molar-refractivity contribution in [2.24, 2.45) is 7.05 Å². The number of nitrogens with zero attached hydrogens (tertiary/aromatic N) is 5. The number of aromatic nitrogens is 4. The first-order valence-corrected chi connectivity index (χ1v) is 13.1. The predicted octanol–water partition coefficient (Wildman–Crippen LogP) is 6.54. The summed E-state index contributed by atoms with van der Waals surface area (Å²) in [4.78, 5) is 19.8. The Morgan fingerprint density at radius 2 is 1.97 bits per heavy atom. The molecule has 0 atom stereocenters. The van der Waals surface area contributed by atoms with Gasteiger partial charge in [-0.3, -0.25) is 14.1 Å². The summed E-state index contributed by atoms with van der Waals surface area (Å²) in [5.74, 6) is -0.641. The Morgan fingerprint density at radius 3 is 2.73 bits per heavy atom. The lowest BCUT2D eigenvalue weighted by Crippen LogP contribution is -2.01. The first-order chi connectivity index (χ1) is 15.9. The fourth-order valence-electron chi connectivity index (χ4n) is 3.86. The van der Waals surface area contributed by atoms with Gasteiger partial charge in [0.15, 0.2) is 5.65 Å². The molecule has 0 aliphatic rings. The Labute approximate surface area is 203 Å². The van der Waals surface area contributed by atoms with E-state index >= 15 is 0 Å². The van der Waals surface area contributed by atoms with Gasteiger partial charge in [0.1, 0.15) is 0 Å². The van der Waals surface area contributed by atoms with Crippen molar-refractivity contribution in [2.75, 3.05) is 5.32 Å². The van der Waals surface area contributed by atoms with Crippen molar-refractivity contribution in [1.29, 1.82) is 0 Å². The lowest BCUT2D eigenvalue weighted by atomic mass is 10.1. The topological polar surface area (TPSA) is 90.8 Å². The summed E-state index contributed by atoms with van der Waals surface area (Å²) in [6.07, 6.45) is 3.95. The number of benzene rings is 2. The van der Waals surface area contributed by atoms with E-state index < -0.39 is 16.4 Å². The molecule has 3 aromatic heterocycles. The molecule has 2 aromatic carbocycles. The number of nitro groups is 1. The van der Waals surface area contributed by atoms with Crippen LogP contribution in [0.15, 0.2) is 54.9 Å². The minimum Gasteiger partial charge on any atom is -0.350 e. The van der Waals surface area contributed by atoms with Crippen LogP contribution in [0.5, 0.6) is 0 Å². The second-order valence-electron chi connectivity index (χ2n) is 7.57. The van der Waals surface area contributed by atoms with E-state index in [1.807, 2.05) is 36.4 Å². The second kappa shape index (κ2) is 8.30.